The van der Waals surface area contributed by atoms with Crippen molar-refractivity contribution in [2.24, 2.45) is 0 Å². The number of hydrogen-bond donors (Lipinski definition) is 1. The number of rotatable bonds is 4. The van der Waals surface area contributed by atoms with Gasteiger partial charge in [0.25, 0.3) is 5.91 Å². The topological polar surface area (TPSA) is 68.5 Å². The van der Waals surface area contributed by atoms with Gasteiger partial charge in [-0.1, -0.05) is 18.5 Å². The van der Waals surface area contributed by atoms with Crippen LogP contribution in [0.15, 0.2) is 36.5 Å². The molecule has 2 heterocycles. The van der Waals surface area contributed by atoms with Crippen molar-refractivity contribution >= 4 is 28.8 Å². The molecular formula is C16H15ClN4O2. The zero-order chi connectivity index (χ0) is 16.4. The maximum atomic E-state index is 12.6. The first-order valence-electron chi connectivity index (χ1n) is 7.11. The minimum atomic E-state index is -0.321. The number of aromatic nitrogens is 3. The quantitative estimate of drug-likeness (QED) is 0.797. The average molecular weight is 331 g/mol. The third-order valence-corrected chi connectivity index (χ3v) is 3.61. The highest BCUT2D eigenvalue weighted by atomic mass is 35.5. The van der Waals surface area contributed by atoms with Crippen LogP contribution < -0.4 is 10.1 Å². The summed E-state index contributed by atoms with van der Waals surface area (Å²) in [5.41, 5.74) is 1.53. The number of amides is 1. The van der Waals surface area contributed by atoms with Crippen LogP contribution in [0.1, 0.15) is 23.1 Å². The van der Waals surface area contributed by atoms with Gasteiger partial charge in [-0.25, -0.2) is 9.50 Å². The highest BCUT2D eigenvalue weighted by Crippen LogP contribution is 2.24. The van der Waals surface area contributed by atoms with Crippen LogP contribution in [0.4, 0.5) is 5.69 Å². The van der Waals surface area contributed by atoms with Crippen molar-refractivity contribution in [3.05, 3.63) is 52.9 Å². The van der Waals surface area contributed by atoms with Gasteiger partial charge in [-0.05, 0) is 30.3 Å². The molecule has 1 aromatic carbocycles. The van der Waals surface area contributed by atoms with Crippen LogP contribution in [0.2, 0.25) is 5.02 Å². The van der Waals surface area contributed by atoms with Crippen molar-refractivity contribution in [1.82, 2.24) is 14.6 Å². The summed E-state index contributed by atoms with van der Waals surface area (Å²) in [7, 11) is 1.51. The second-order valence-electron chi connectivity index (χ2n) is 4.87. The number of pyridine rings is 1. The number of nitrogens with one attached hydrogen (secondary N) is 1. The Labute approximate surface area is 138 Å². The van der Waals surface area contributed by atoms with Crippen LogP contribution in [-0.2, 0) is 6.42 Å². The summed E-state index contributed by atoms with van der Waals surface area (Å²) in [6.45, 7) is 1.98. The molecule has 0 aliphatic carbocycles. The molecule has 0 unspecified atom stereocenters. The molecule has 3 rings (SSSR count). The van der Waals surface area contributed by atoms with E-state index in [1.807, 2.05) is 6.92 Å². The minimum Gasteiger partial charge on any atom is -0.496 e. The fraction of sp³-hybridized carbons (Fsp3) is 0.188. The molecule has 0 aliphatic rings. The van der Waals surface area contributed by atoms with E-state index >= 15 is 0 Å². The molecule has 1 N–H and O–H groups in total. The number of fused-ring (bicyclic) bond motifs is 1. The molecule has 0 atom stereocenters. The van der Waals surface area contributed by atoms with Crippen LogP contribution in [0, 0.1) is 0 Å². The van der Waals surface area contributed by atoms with E-state index in [-0.39, 0.29) is 5.91 Å². The van der Waals surface area contributed by atoms with Gasteiger partial charge in [-0.2, -0.15) is 5.10 Å². The molecule has 0 fully saturated rings. The summed E-state index contributed by atoms with van der Waals surface area (Å²) in [5, 5.41) is 7.63. The Morgan fingerprint density at radius 1 is 1.39 bits per heavy atom. The van der Waals surface area contributed by atoms with Crippen LogP contribution in [0.5, 0.6) is 5.75 Å². The van der Waals surface area contributed by atoms with Gasteiger partial charge in [-0.15, -0.1) is 0 Å². The second-order valence-corrected chi connectivity index (χ2v) is 5.31. The van der Waals surface area contributed by atoms with Gasteiger partial charge in [0, 0.05) is 17.6 Å². The highest BCUT2D eigenvalue weighted by Gasteiger charge is 2.15. The lowest BCUT2D eigenvalue weighted by Gasteiger charge is -2.10. The number of anilines is 1. The molecule has 23 heavy (non-hydrogen) atoms. The first-order valence-corrected chi connectivity index (χ1v) is 7.49. The molecule has 0 bridgehead atoms. The zero-order valence-electron chi connectivity index (χ0n) is 12.7. The van der Waals surface area contributed by atoms with Crippen LogP contribution >= 0.6 is 11.6 Å². The maximum absolute atomic E-state index is 12.6. The number of halogens is 1. The second kappa shape index (κ2) is 6.26. The third-order valence-electron chi connectivity index (χ3n) is 3.38. The summed E-state index contributed by atoms with van der Waals surface area (Å²) in [5.74, 6) is 0.847. The van der Waals surface area contributed by atoms with Crippen molar-refractivity contribution in [1.29, 1.82) is 0 Å². The van der Waals surface area contributed by atoms with Gasteiger partial charge >= 0.3 is 0 Å². The lowest BCUT2D eigenvalue weighted by molar-refractivity contribution is 0.102. The van der Waals surface area contributed by atoms with E-state index in [0.717, 1.165) is 6.42 Å². The lowest BCUT2D eigenvalue weighted by atomic mass is 10.2. The third kappa shape index (κ3) is 2.98. The molecule has 0 saturated carbocycles. The number of aryl methyl sites for hydroxylation is 1. The first-order chi connectivity index (χ1) is 11.1. The SMILES string of the molecule is CCc1nc2c(NC(=O)c3cc(Cl)ccc3OC)cccn2n1. The van der Waals surface area contributed by atoms with E-state index < -0.39 is 0 Å². The summed E-state index contributed by atoms with van der Waals surface area (Å²) < 4.78 is 6.86. The van der Waals surface area contributed by atoms with Crippen molar-refractivity contribution in [3.63, 3.8) is 0 Å². The summed E-state index contributed by atoms with van der Waals surface area (Å²) in [4.78, 5) is 17.0. The van der Waals surface area contributed by atoms with E-state index in [0.29, 0.717) is 33.5 Å². The van der Waals surface area contributed by atoms with Gasteiger partial charge in [-0.3, -0.25) is 4.79 Å². The standard InChI is InChI=1S/C16H15ClN4O2/c1-3-14-19-15-12(5-4-8-21(15)20-14)18-16(22)11-9-10(17)6-7-13(11)23-2/h4-9H,3H2,1-2H3,(H,18,22). The predicted octanol–water partition coefficient (Wildman–Crippen LogP) is 3.21. The van der Waals surface area contributed by atoms with Gasteiger partial charge < -0.3 is 10.1 Å². The highest BCUT2D eigenvalue weighted by molar-refractivity contribution is 6.31. The number of benzene rings is 1. The van der Waals surface area contributed by atoms with Gasteiger partial charge in [0.2, 0.25) is 0 Å². The number of methoxy groups -OCH3 is 1. The molecule has 7 heteroatoms. The Morgan fingerprint density at radius 3 is 2.96 bits per heavy atom. The lowest BCUT2D eigenvalue weighted by Crippen LogP contribution is -2.14. The van der Waals surface area contributed by atoms with E-state index in [4.69, 9.17) is 16.3 Å². The van der Waals surface area contributed by atoms with Crippen molar-refractivity contribution in [3.8, 4) is 5.75 Å². The summed E-state index contributed by atoms with van der Waals surface area (Å²) in [6.07, 6.45) is 2.51. The maximum Gasteiger partial charge on any atom is 0.259 e. The van der Waals surface area contributed by atoms with Crippen LogP contribution in [0.25, 0.3) is 5.65 Å². The van der Waals surface area contributed by atoms with E-state index in [2.05, 4.69) is 15.4 Å². The molecular weight excluding hydrogens is 316 g/mol. The first kappa shape index (κ1) is 15.3. The molecule has 0 aliphatic heterocycles. The largest absolute Gasteiger partial charge is 0.496 e. The normalized spacial score (nSPS) is 10.7. The number of nitrogens with zero attached hydrogens (tertiary/aromatic N) is 3. The Morgan fingerprint density at radius 2 is 2.22 bits per heavy atom. The molecule has 3 aromatic rings. The number of hydrogen-bond acceptors (Lipinski definition) is 4. The Balaban J connectivity index is 1.97. The predicted molar refractivity (Wildman–Crippen MR) is 88.3 cm³/mol. The molecule has 1 amide bonds. The van der Waals surface area contributed by atoms with E-state index in [1.165, 1.54) is 7.11 Å². The average Bonchev–Trinajstić information content (AvgIpc) is 2.99. The Bertz CT molecular complexity index is 876. The molecule has 2 aromatic heterocycles. The summed E-state index contributed by atoms with van der Waals surface area (Å²) >= 11 is 5.98. The minimum absolute atomic E-state index is 0.321. The number of carbonyl (C=O) groups is 1. The Hall–Kier alpha value is -2.60. The van der Waals surface area contributed by atoms with Crippen molar-refractivity contribution in [2.45, 2.75) is 13.3 Å². The molecule has 6 nitrogen and oxygen atoms in total. The zero-order valence-corrected chi connectivity index (χ0v) is 13.5. The molecule has 118 valence electrons. The van der Waals surface area contributed by atoms with Crippen molar-refractivity contribution < 1.29 is 9.53 Å². The van der Waals surface area contributed by atoms with Crippen LogP contribution in [-0.4, -0.2) is 27.6 Å². The fourth-order valence-corrected chi connectivity index (χ4v) is 2.42. The van der Waals surface area contributed by atoms with Gasteiger partial charge in [0.05, 0.1) is 18.4 Å². The smallest absolute Gasteiger partial charge is 0.259 e. The summed E-state index contributed by atoms with van der Waals surface area (Å²) in [6, 6.07) is 8.47. The number of ether oxygens (including phenoxy) is 1. The Kier molecular flexibility index (Phi) is 4.16. The van der Waals surface area contributed by atoms with Crippen molar-refractivity contribution in [2.75, 3.05) is 12.4 Å². The fourth-order valence-electron chi connectivity index (χ4n) is 2.25. The molecule has 0 saturated heterocycles. The molecule has 0 radical (unpaired) electrons. The van der Waals surface area contributed by atoms with E-state index in [1.54, 1.807) is 41.0 Å². The van der Waals surface area contributed by atoms with E-state index in [9.17, 15) is 4.79 Å². The molecule has 0 spiro atoms. The van der Waals surface area contributed by atoms with Gasteiger partial charge in [0.1, 0.15) is 5.75 Å². The number of carbonyl (C=O) groups excluding carboxylic acids is 1. The van der Waals surface area contributed by atoms with Crippen LogP contribution in [0.3, 0.4) is 0 Å². The monoisotopic (exact) mass is 330 g/mol. The van der Waals surface area contributed by atoms with Gasteiger partial charge in [0.15, 0.2) is 11.5 Å².